The Balaban J connectivity index is 1.35. The molecule has 3 N–H and O–H groups in total. The highest BCUT2D eigenvalue weighted by Crippen LogP contribution is 2.20. The van der Waals surface area contributed by atoms with Gasteiger partial charge in [0.25, 0.3) is 0 Å². The Kier molecular flexibility index (Phi) is 6.31. The lowest BCUT2D eigenvalue weighted by molar-refractivity contribution is -0.115. The van der Waals surface area contributed by atoms with Gasteiger partial charge in [0.05, 0.1) is 6.42 Å². The molecule has 0 saturated heterocycles. The SMILES string of the molecule is Cc1ccnc(Nc2cc(Nc3ccc(NC(=O)Cc4ccc(F)cc4)cc3)ncn2)c1. The molecule has 0 atom stereocenters. The molecule has 1 amide bonds. The van der Waals surface area contributed by atoms with Crippen LogP contribution in [0.4, 0.5) is 33.2 Å². The number of carbonyl (C=O) groups is 1. The van der Waals surface area contributed by atoms with E-state index in [9.17, 15) is 9.18 Å². The number of rotatable bonds is 7. The minimum Gasteiger partial charge on any atom is -0.340 e. The molecule has 0 aliphatic rings. The predicted molar refractivity (Wildman–Crippen MR) is 123 cm³/mol. The quantitative estimate of drug-likeness (QED) is 0.384. The second-order valence-electron chi connectivity index (χ2n) is 7.19. The van der Waals surface area contributed by atoms with Gasteiger partial charge in [-0.1, -0.05) is 12.1 Å². The highest BCUT2D eigenvalue weighted by Gasteiger charge is 2.06. The molecule has 2 aromatic carbocycles. The average molecular weight is 428 g/mol. The molecule has 0 spiro atoms. The highest BCUT2D eigenvalue weighted by atomic mass is 19.1. The van der Waals surface area contributed by atoms with E-state index in [4.69, 9.17) is 0 Å². The zero-order valence-corrected chi connectivity index (χ0v) is 17.3. The molecule has 32 heavy (non-hydrogen) atoms. The number of nitrogens with zero attached hydrogens (tertiary/aromatic N) is 3. The smallest absolute Gasteiger partial charge is 0.228 e. The maximum absolute atomic E-state index is 13.0. The van der Waals surface area contributed by atoms with Crippen molar-refractivity contribution in [1.82, 2.24) is 15.0 Å². The summed E-state index contributed by atoms with van der Waals surface area (Å²) in [6.45, 7) is 1.99. The van der Waals surface area contributed by atoms with Crippen LogP contribution < -0.4 is 16.0 Å². The minimum absolute atomic E-state index is 0.173. The molecular formula is C24H21FN6O. The van der Waals surface area contributed by atoms with Crippen molar-refractivity contribution in [1.29, 1.82) is 0 Å². The van der Waals surface area contributed by atoms with Gasteiger partial charge in [-0.3, -0.25) is 4.79 Å². The molecule has 0 fully saturated rings. The molecule has 160 valence electrons. The van der Waals surface area contributed by atoms with Crippen LogP contribution in [0, 0.1) is 12.7 Å². The van der Waals surface area contributed by atoms with Gasteiger partial charge in [-0.05, 0) is 66.6 Å². The average Bonchev–Trinajstić information content (AvgIpc) is 2.77. The van der Waals surface area contributed by atoms with Crippen LogP contribution >= 0.6 is 0 Å². The van der Waals surface area contributed by atoms with Crippen molar-refractivity contribution in [3.05, 3.63) is 96.2 Å². The lowest BCUT2D eigenvalue weighted by Gasteiger charge is -2.10. The van der Waals surface area contributed by atoms with Gasteiger partial charge in [0.1, 0.15) is 29.6 Å². The lowest BCUT2D eigenvalue weighted by Crippen LogP contribution is -2.14. The number of amides is 1. The summed E-state index contributed by atoms with van der Waals surface area (Å²) in [5, 5.41) is 9.20. The highest BCUT2D eigenvalue weighted by molar-refractivity contribution is 5.92. The van der Waals surface area contributed by atoms with Crippen molar-refractivity contribution < 1.29 is 9.18 Å². The number of anilines is 5. The second-order valence-corrected chi connectivity index (χ2v) is 7.19. The third-order valence-electron chi connectivity index (χ3n) is 4.56. The summed E-state index contributed by atoms with van der Waals surface area (Å²) in [6.07, 6.45) is 3.37. The molecule has 2 heterocycles. The summed E-state index contributed by atoms with van der Waals surface area (Å²) in [4.78, 5) is 24.9. The van der Waals surface area contributed by atoms with Gasteiger partial charge < -0.3 is 16.0 Å². The van der Waals surface area contributed by atoms with Gasteiger partial charge in [-0.25, -0.2) is 19.3 Å². The Morgan fingerprint density at radius 3 is 2.19 bits per heavy atom. The van der Waals surface area contributed by atoms with Crippen molar-refractivity contribution in [2.24, 2.45) is 0 Å². The van der Waals surface area contributed by atoms with E-state index in [1.807, 2.05) is 31.2 Å². The number of carbonyl (C=O) groups excluding carboxylic acids is 1. The summed E-state index contributed by atoms with van der Waals surface area (Å²) in [5.74, 6) is 1.44. The summed E-state index contributed by atoms with van der Waals surface area (Å²) in [7, 11) is 0. The Morgan fingerprint density at radius 2 is 1.47 bits per heavy atom. The summed E-state index contributed by atoms with van der Waals surface area (Å²) < 4.78 is 13.0. The van der Waals surface area contributed by atoms with Crippen molar-refractivity contribution >= 4 is 34.7 Å². The molecule has 0 saturated carbocycles. The van der Waals surface area contributed by atoms with Gasteiger partial charge >= 0.3 is 0 Å². The number of pyridine rings is 1. The zero-order valence-electron chi connectivity index (χ0n) is 17.3. The van der Waals surface area contributed by atoms with Crippen molar-refractivity contribution in [2.75, 3.05) is 16.0 Å². The molecule has 0 aliphatic heterocycles. The molecular weight excluding hydrogens is 407 g/mol. The summed E-state index contributed by atoms with van der Waals surface area (Å²) in [5.41, 5.74) is 3.31. The molecule has 2 aromatic heterocycles. The maximum atomic E-state index is 13.0. The molecule has 0 unspecified atom stereocenters. The topological polar surface area (TPSA) is 91.8 Å². The van der Waals surface area contributed by atoms with Crippen LogP contribution in [0.25, 0.3) is 0 Å². The number of halogens is 1. The fourth-order valence-corrected chi connectivity index (χ4v) is 3.01. The number of nitrogens with one attached hydrogen (secondary N) is 3. The molecule has 7 nitrogen and oxygen atoms in total. The van der Waals surface area contributed by atoms with Gasteiger partial charge in [0.2, 0.25) is 5.91 Å². The van der Waals surface area contributed by atoms with Crippen LogP contribution in [0.5, 0.6) is 0 Å². The Morgan fingerprint density at radius 1 is 0.812 bits per heavy atom. The van der Waals surface area contributed by atoms with E-state index >= 15 is 0 Å². The number of aryl methyl sites for hydroxylation is 1. The van der Waals surface area contributed by atoms with E-state index in [1.54, 1.807) is 36.5 Å². The van der Waals surface area contributed by atoms with E-state index in [-0.39, 0.29) is 18.1 Å². The fraction of sp³-hybridized carbons (Fsp3) is 0.0833. The fourth-order valence-electron chi connectivity index (χ4n) is 3.01. The Bertz CT molecular complexity index is 1210. The molecule has 8 heteroatoms. The third kappa shape index (κ3) is 5.85. The van der Waals surface area contributed by atoms with Crippen LogP contribution in [0.15, 0.2) is 79.3 Å². The lowest BCUT2D eigenvalue weighted by atomic mass is 10.1. The first kappa shape index (κ1) is 20.9. The normalized spacial score (nSPS) is 10.4. The zero-order chi connectivity index (χ0) is 22.3. The number of benzene rings is 2. The van der Waals surface area contributed by atoms with Gasteiger partial charge in [-0.2, -0.15) is 0 Å². The monoisotopic (exact) mass is 428 g/mol. The second kappa shape index (κ2) is 9.65. The number of aromatic nitrogens is 3. The van der Waals surface area contributed by atoms with Crippen LogP contribution in [0.1, 0.15) is 11.1 Å². The van der Waals surface area contributed by atoms with Gasteiger partial charge in [-0.15, -0.1) is 0 Å². The first-order valence-corrected chi connectivity index (χ1v) is 9.97. The van der Waals surface area contributed by atoms with Crippen molar-refractivity contribution in [2.45, 2.75) is 13.3 Å². The predicted octanol–water partition coefficient (Wildman–Crippen LogP) is 4.99. The van der Waals surface area contributed by atoms with Crippen LogP contribution in [0.3, 0.4) is 0 Å². The van der Waals surface area contributed by atoms with E-state index < -0.39 is 0 Å². The number of hydrogen-bond acceptors (Lipinski definition) is 6. The summed E-state index contributed by atoms with van der Waals surface area (Å²) >= 11 is 0. The third-order valence-corrected chi connectivity index (χ3v) is 4.56. The van der Waals surface area contributed by atoms with Crippen molar-refractivity contribution in [3.8, 4) is 0 Å². The minimum atomic E-state index is -0.323. The van der Waals surface area contributed by atoms with Crippen LogP contribution in [-0.2, 0) is 11.2 Å². The number of hydrogen-bond donors (Lipinski definition) is 3. The first-order chi connectivity index (χ1) is 15.5. The largest absolute Gasteiger partial charge is 0.340 e. The van der Waals surface area contributed by atoms with Gasteiger partial charge in [0.15, 0.2) is 0 Å². The Hall–Kier alpha value is -4.33. The molecule has 4 rings (SSSR count). The molecule has 0 aliphatic carbocycles. The van der Waals surface area contributed by atoms with E-state index in [1.165, 1.54) is 18.5 Å². The van der Waals surface area contributed by atoms with E-state index in [2.05, 4.69) is 30.9 Å². The van der Waals surface area contributed by atoms with E-state index in [0.717, 1.165) is 16.8 Å². The van der Waals surface area contributed by atoms with E-state index in [0.29, 0.717) is 23.1 Å². The van der Waals surface area contributed by atoms with Gasteiger partial charge in [0, 0.05) is 23.6 Å². The first-order valence-electron chi connectivity index (χ1n) is 9.97. The molecule has 0 bridgehead atoms. The standard InChI is InChI=1S/C24H21FN6O/c1-16-10-11-26-21(12-16)31-23-14-22(27-15-28-23)29-19-6-8-20(9-7-19)30-24(32)13-17-2-4-18(25)5-3-17/h2-12,14-15H,13H2,1H3,(H,30,32)(H2,26,27,28,29,31). The molecule has 0 radical (unpaired) electrons. The van der Waals surface area contributed by atoms with Crippen LogP contribution in [0.2, 0.25) is 0 Å². The van der Waals surface area contributed by atoms with Crippen molar-refractivity contribution in [3.63, 3.8) is 0 Å². The summed E-state index contributed by atoms with van der Waals surface area (Å²) in [6, 6.07) is 18.8. The maximum Gasteiger partial charge on any atom is 0.228 e. The van der Waals surface area contributed by atoms with Crippen LogP contribution in [-0.4, -0.2) is 20.9 Å². The molecule has 4 aromatic rings. The Labute approximate surface area is 184 Å².